The molecule has 6 nitrogen and oxygen atoms in total. The molecule has 0 saturated heterocycles. The second-order valence-electron chi connectivity index (χ2n) is 6.21. The van der Waals surface area contributed by atoms with E-state index in [2.05, 4.69) is 0 Å². The van der Waals surface area contributed by atoms with E-state index in [-0.39, 0.29) is 5.92 Å². The van der Waals surface area contributed by atoms with Crippen LogP contribution in [0.15, 0.2) is 60.7 Å². The van der Waals surface area contributed by atoms with Gasteiger partial charge in [-0.2, -0.15) is 0 Å². The minimum Gasteiger partial charge on any atom is -0.451 e. The first-order valence-corrected chi connectivity index (χ1v) is 8.30. The van der Waals surface area contributed by atoms with Crippen molar-refractivity contribution in [2.45, 2.75) is 25.9 Å². The van der Waals surface area contributed by atoms with Crippen LogP contribution >= 0.6 is 0 Å². The van der Waals surface area contributed by atoms with Crippen LogP contribution in [0.1, 0.15) is 30.9 Å². The van der Waals surface area contributed by atoms with Gasteiger partial charge in [0.05, 0.1) is 0 Å². The van der Waals surface area contributed by atoms with Gasteiger partial charge in [0.1, 0.15) is 5.92 Å². The van der Waals surface area contributed by atoms with Crippen molar-refractivity contribution in [3.8, 4) is 0 Å². The summed E-state index contributed by atoms with van der Waals surface area (Å²) in [5.74, 6) is -2.31. The van der Waals surface area contributed by atoms with Crippen LogP contribution < -0.4 is 11.1 Å². The molecular formula is C20H22N2O4. The number of carbonyl (C=O) groups excluding carboxylic acids is 3. The number of carbonyl (C=O) groups is 3. The van der Waals surface area contributed by atoms with Gasteiger partial charge < -0.3 is 10.5 Å². The van der Waals surface area contributed by atoms with Crippen molar-refractivity contribution in [2.24, 2.45) is 11.7 Å². The molecule has 0 fully saturated rings. The lowest BCUT2D eigenvalue weighted by Gasteiger charge is -2.23. The van der Waals surface area contributed by atoms with E-state index < -0.39 is 29.9 Å². The molecule has 1 atom stereocenters. The highest BCUT2D eigenvalue weighted by Gasteiger charge is 2.32. The molecule has 3 N–H and O–H groups in total. The molecule has 3 amide bonds. The van der Waals surface area contributed by atoms with Gasteiger partial charge in [0, 0.05) is 0 Å². The Hall–Kier alpha value is -3.15. The maximum absolute atomic E-state index is 12.9. The molecule has 0 aromatic heterocycles. The van der Waals surface area contributed by atoms with E-state index in [9.17, 15) is 14.4 Å². The van der Waals surface area contributed by atoms with Gasteiger partial charge in [-0.15, -0.1) is 0 Å². The number of urea groups is 1. The normalized spacial score (nSPS) is 11.8. The van der Waals surface area contributed by atoms with Crippen molar-refractivity contribution >= 4 is 17.9 Å². The van der Waals surface area contributed by atoms with Crippen LogP contribution in [0.25, 0.3) is 0 Å². The fourth-order valence-electron chi connectivity index (χ4n) is 2.63. The fourth-order valence-corrected chi connectivity index (χ4v) is 2.63. The smallest absolute Gasteiger partial charge is 0.318 e. The highest BCUT2D eigenvalue weighted by atomic mass is 16.5. The number of rotatable bonds is 6. The first kappa shape index (κ1) is 19.2. The van der Waals surface area contributed by atoms with Crippen LogP contribution in [0.4, 0.5) is 4.79 Å². The number of nitrogens with one attached hydrogen (secondary N) is 1. The number of hydrogen-bond donors (Lipinski definition) is 2. The lowest BCUT2D eigenvalue weighted by Crippen LogP contribution is -2.46. The van der Waals surface area contributed by atoms with Crippen LogP contribution in [0.2, 0.25) is 0 Å². The highest BCUT2D eigenvalue weighted by molar-refractivity contribution is 5.97. The van der Waals surface area contributed by atoms with Crippen molar-refractivity contribution in [3.63, 3.8) is 0 Å². The predicted octanol–water partition coefficient (Wildman–Crippen LogP) is 2.58. The summed E-state index contributed by atoms with van der Waals surface area (Å²) in [5, 5.41) is 1.97. The molecule has 2 rings (SSSR count). The summed E-state index contributed by atoms with van der Waals surface area (Å²) in [7, 11) is 0. The van der Waals surface area contributed by atoms with Crippen LogP contribution in [0, 0.1) is 5.92 Å². The first-order valence-electron chi connectivity index (χ1n) is 8.30. The summed E-state index contributed by atoms with van der Waals surface area (Å²) < 4.78 is 5.49. The Bertz CT molecular complexity index is 720. The SMILES string of the molecule is CC(C)[C@@H](OC(=O)C(c1ccccc1)c1ccccc1)C(=O)NC(N)=O. The zero-order valence-corrected chi connectivity index (χ0v) is 14.7. The Balaban J connectivity index is 2.31. The topological polar surface area (TPSA) is 98.5 Å². The maximum Gasteiger partial charge on any atom is 0.318 e. The van der Waals surface area contributed by atoms with Gasteiger partial charge >= 0.3 is 12.0 Å². The Labute approximate surface area is 152 Å². The summed E-state index contributed by atoms with van der Waals surface area (Å²) in [6.45, 7) is 3.44. The Morgan fingerprint density at radius 2 is 1.35 bits per heavy atom. The molecule has 0 spiro atoms. The molecule has 0 aliphatic rings. The van der Waals surface area contributed by atoms with Gasteiger partial charge in [0.2, 0.25) is 0 Å². The van der Waals surface area contributed by atoms with E-state index in [1.807, 2.05) is 66.0 Å². The number of nitrogens with two attached hydrogens (primary N) is 1. The van der Waals surface area contributed by atoms with Gasteiger partial charge in [0.15, 0.2) is 6.10 Å². The molecule has 136 valence electrons. The van der Waals surface area contributed by atoms with Crippen LogP contribution in [-0.2, 0) is 14.3 Å². The third kappa shape index (κ3) is 4.92. The summed E-state index contributed by atoms with van der Waals surface area (Å²) in [6, 6.07) is 17.4. The number of ether oxygens (including phenoxy) is 1. The highest BCUT2D eigenvalue weighted by Crippen LogP contribution is 2.27. The number of benzene rings is 2. The van der Waals surface area contributed by atoms with Gasteiger partial charge in [-0.25, -0.2) is 4.79 Å². The molecule has 6 heteroatoms. The zero-order valence-electron chi connectivity index (χ0n) is 14.7. The molecular weight excluding hydrogens is 332 g/mol. The first-order chi connectivity index (χ1) is 12.4. The van der Waals surface area contributed by atoms with Crippen molar-refractivity contribution in [1.82, 2.24) is 5.32 Å². The van der Waals surface area contributed by atoms with E-state index in [0.717, 1.165) is 11.1 Å². The van der Waals surface area contributed by atoms with E-state index in [0.29, 0.717) is 0 Å². The van der Waals surface area contributed by atoms with Crippen molar-refractivity contribution in [2.75, 3.05) is 0 Å². The molecule has 0 saturated carbocycles. The fraction of sp³-hybridized carbons (Fsp3) is 0.250. The Morgan fingerprint density at radius 1 is 0.885 bits per heavy atom. The van der Waals surface area contributed by atoms with Crippen molar-refractivity contribution in [3.05, 3.63) is 71.8 Å². The van der Waals surface area contributed by atoms with Crippen LogP contribution in [0.5, 0.6) is 0 Å². The Morgan fingerprint density at radius 3 is 1.73 bits per heavy atom. The van der Waals surface area contributed by atoms with E-state index in [1.165, 1.54) is 0 Å². The summed E-state index contributed by atoms with van der Waals surface area (Å²) in [6.07, 6.45) is -1.12. The van der Waals surface area contributed by atoms with Crippen molar-refractivity contribution in [1.29, 1.82) is 0 Å². The largest absolute Gasteiger partial charge is 0.451 e. The molecule has 26 heavy (non-hydrogen) atoms. The number of amides is 3. The third-order valence-corrected chi connectivity index (χ3v) is 3.85. The summed E-state index contributed by atoms with van der Waals surface area (Å²) in [5.41, 5.74) is 6.50. The molecule has 0 heterocycles. The van der Waals surface area contributed by atoms with E-state index >= 15 is 0 Å². The number of imide groups is 1. The molecule has 0 radical (unpaired) electrons. The van der Waals surface area contributed by atoms with Gasteiger partial charge in [-0.1, -0.05) is 74.5 Å². The predicted molar refractivity (Wildman–Crippen MR) is 97.2 cm³/mol. The van der Waals surface area contributed by atoms with Crippen LogP contribution in [-0.4, -0.2) is 24.0 Å². The molecule has 2 aromatic rings. The molecule has 0 aliphatic heterocycles. The Kier molecular flexibility index (Phi) is 6.49. The van der Waals surface area contributed by atoms with Crippen molar-refractivity contribution < 1.29 is 19.1 Å². The lowest BCUT2D eigenvalue weighted by molar-refractivity contribution is -0.158. The quantitative estimate of drug-likeness (QED) is 0.779. The zero-order chi connectivity index (χ0) is 19.1. The van der Waals surface area contributed by atoms with E-state index in [1.54, 1.807) is 13.8 Å². The molecule has 0 unspecified atom stereocenters. The molecule has 0 aliphatic carbocycles. The van der Waals surface area contributed by atoms with Gasteiger partial charge in [-0.05, 0) is 17.0 Å². The third-order valence-electron chi connectivity index (χ3n) is 3.85. The molecule has 0 bridgehead atoms. The minimum absolute atomic E-state index is 0.328. The summed E-state index contributed by atoms with van der Waals surface area (Å²) in [4.78, 5) is 36.0. The second-order valence-corrected chi connectivity index (χ2v) is 6.21. The number of esters is 1. The average Bonchev–Trinajstić information content (AvgIpc) is 2.61. The minimum atomic E-state index is -1.12. The van der Waals surface area contributed by atoms with Crippen LogP contribution in [0.3, 0.4) is 0 Å². The number of primary amides is 1. The standard InChI is InChI=1S/C20H22N2O4/c1-13(2)17(18(23)22-20(21)25)26-19(24)16(14-9-5-3-6-10-14)15-11-7-4-8-12-15/h3-13,16-17H,1-2H3,(H3,21,22,23,25)/t17-/m1/s1. The lowest BCUT2D eigenvalue weighted by atomic mass is 9.91. The summed E-state index contributed by atoms with van der Waals surface area (Å²) >= 11 is 0. The molecule has 2 aromatic carbocycles. The average molecular weight is 354 g/mol. The van der Waals surface area contributed by atoms with Gasteiger partial charge in [0.25, 0.3) is 5.91 Å². The van der Waals surface area contributed by atoms with E-state index in [4.69, 9.17) is 10.5 Å². The number of hydrogen-bond acceptors (Lipinski definition) is 4. The van der Waals surface area contributed by atoms with Gasteiger partial charge in [-0.3, -0.25) is 14.9 Å². The second kappa shape index (κ2) is 8.80. The maximum atomic E-state index is 12.9. The monoisotopic (exact) mass is 354 g/mol.